The molecule has 0 unspecified atom stereocenters. The molecule has 1 amide bonds. The number of carboxylic acid groups (broad SMARTS) is 1. The summed E-state index contributed by atoms with van der Waals surface area (Å²) in [5.41, 5.74) is 0.863. The zero-order valence-corrected chi connectivity index (χ0v) is 11.3. The molecule has 0 saturated heterocycles. The van der Waals surface area contributed by atoms with Crippen molar-refractivity contribution < 1.29 is 19.4 Å². The van der Waals surface area contributed by atoms with Crippen LogP contribution < -0.4 is 10.1 Å². The van der Waals surface area contributed by atoms with Crippen LogP contribution in [0.5, 0.6) is 5.75 Å². The Hall–Kier alpha value is -2.50. The highest BCUT2D eigenvalue weighted by Crippen LogP contribution is 2.26. The fraction of sp³-hybridized carbons (Fsp3) is 0.286. The summed E-state index contributed by atoms with van der Waals surface area (Å²) in [6.07, 6.45) is 1.78. The maximum atomic E-state index is 11.8. The molecule has 0 aliphatic heterocycles. The number of carbonyl (C=O) groups excluding carboxylic acids is 1. The van der Waals surface area contributed by atoms with E-state index in [9.17, 15) is 9.59 Å². The fourth-order valence-corrected chi connectivity index (χ4v) is 2.01. The molecule has 0 aliphatic carbocycles. The van der Waals surface area contributed by atoms with Crippen LogP contribution in [0.4, 0.5) is 0 Å². The lowest BCUT2D eigenvalue weighted by molar-refractivity contribution is -0.141. The Morgan fingerprint density at radius 1 is 1.40 bits per heavy atom. The van der Waals surface area contributed by atoms with Crippen molar-refractivity contribution in [1.82, 2.24) is 9.88 Å². The van der Waals surface area contributed by atoms with Crippen molar-refractivity contribution in [2.24, 2.45) is 0 Å². The van der Waals surface area contributed by atoms with Crippen molar-refractivity contribution in [3.8, 4) is 5.75 Å². The number of aliphatic carboxylic acids is 1. The molecule has 0 spiro atoms. The molecule has 0 fully saturated rings. The maximum Gasteiger partial charge on any atom is 0.325 e. The second-order valence-electron chi connectivity index (χ2n) is 4.46. The normalized spacial score (nSPS) is 12.1. The molecule has 1 aromatic carbocycles. The first kappa shape index (κ1) is 13.9. The van der Waals surface area contributed by atoms with Crippen LogP contribution in [0, 0.1) is 0 Å². The number of nitrogens with one attached hydrogen (secondary N) is 1. The van der Waals surface area contributed by atoms with Gasteiger partial charge in [-0.1, -0.05) is 6.07 Å². The summed E-state index contributed by atoms with van der Waals surface area (Å²) >= 11 is 0. The van der Waals surface area contributed by atoms with Crippen LogP contribution in [0.15, 0.2) is 30.5 Å². The number of fused-ring (bicyclic) bond motifs is 1. The minimum atomic E-state index is -1.06. The molecule has 1 aromatic heterocycles. The Labute approximate surface area is 116 Å². The van der Waals surface area contributed by atoms with Crippen LogP contribution in [-0.4, -0.2) is 34.7 Å². The van der Waals surface area contributed by atoms with E-state index in [0.29, 0.717) is 0 Å². The smallest absolute Gasteiger partial charge is 0.325 e. The van der Waals surface area contributed by atoms with Crippen LogP contribution in [0.3, 0.4) is 0 Å². The van der Waals surface area contributed by atoms with Crippen LogP contribution in [-0.2, 0) is 16.1 Å². The monoisotopic (exact) mass is 276 g/mol. The molecule has 0 bridgehead atoms. The van der Waals surface area contributed by atoms with E-state index >= 15 is 0 Å². The number of ether oxygens (including phenoxy) is 1. The van der Waals surface area contributed by atoms with E-state index in [1.807, 2.05) is 24.3 Å². The number of nitrogens with zero attached hydrogens (tertiary/aromatic N) is 1. The quantitative estimate of drug-likeness (QED) is 0.861. The summed E-state index contributed by atoms with van der Waals surface area (Å²) in [5.74, 6) is -0.668. The predicted octanol–water partition coefficient (Wildman–Crippen LogP) is 1.24. The molecule has 106 valence electrons. The Morgan fingerprint density at radius 3 is 2.80 bits per heavy atom. The molecular weight excluding hydrogens is 260 g/mol. The molecule has 0 aliphatic rings. The SMILES string of the molecule is COc1cccc2c1ccn2CC(=O)N[C@H](C)C(=O)O. The molecule has 1 atom stereocenters. The van der Waals surface area contributed by atoms with Gasteiger partial charge in [0.2, 0.25) is 5.91 Å². The molecule has 0 radical (unpaired) electrons. The largest absolute Gasteiger partial charge is 0.496 e. The van der Waals surface area contributed by atoms with E-state index in [4.69, 9.17) is 9.84 Å². The second kappa shape index (κ2) is 5.64. The van der Waals surface area contributed by atoms with E-state index in [-0.39, 0.29) is 12.5 Å². The third-order valence-electron chi connectivity index (χ3n) is 3.06. The number of carboxylic acids is 1. The van der Waals surface area contributed by atoms with E-state index in [2.05, 4.69) is 5.32 Å². The molecule has 2 N–H and O–H groups in total. The zero-order chi connectivity index (χ0) is 14.7. The number of amides is 1. The topological polar surface area (TPSA) is 80.6 Å². The van der Waals surface area contributed by atoms with Gasteiger partial charge in [0.1, 0.15) is 18.3 Å². The standard InChI is InChI=1S/C14H16N2O4/c1-9(14(18)19)15-13(17)8-16-7-6-10-11(16)4-3-5-12(10)20-2/h3-7,9H,8H2,1-2H3,(H,15,17)(H,18,19)/t9-/m1/s1. The first-order chi connectivity index (χ1) is 9.52. The first-order valence-electron chi connectivity index (χ1n) is 6.17. The molecule has 20 heavy (non-hydrogen) atoms. The molecule has 1 heterocycles. The lowest BCUT2D eigenvalue weighted by Gasteiger charge is -2.10. The maximum absolute atomic E-state index is 11.8. The number of methoxy groups -OCH3 is 1. The molecule has 2 rings (SSSR count). The average molecular weight is 276 g/mol. The van der Waals surface area contributed by atoms with Crippen molar-refractivity contribution >= 4 is 22.8 Å². The fourth-order valence-electron chi connectivity index (χ4n) is 2.01. The Kier molecular flexibility index (Phi) is 3.93. The third kappa shape index (κ3) is 2.74. The summed E-state index contributed by atoms with van der Waals surface area (Å²) in [6, 6.07) is 6.53. The highest BCUT2D eigenvalue weighted by molar-refractivity contribution is 5.89. The van der Waals surface area contributed by atoms with Gasteiger partial charge < -0.3 is 19.7 Å². The minimum Gasteiger partial charge on any atom is -0.496 e. The number of rotatable bonds is 5. The van der Waals surface area contributed by atoms with Crippen molar-refractivity contribution in [2.75, 3.05) is 7.11 Å². The van der Waals surface area contributed by atoms with Gasteiger partial charge in [-0.3, -0.25) is 9.59 Å². The van der Waals surface area contributed by atoms with E-state index in [1.54, 1.807) is 17.9 Å². The number of benzene rings is 1. The molecular formula is C14H16N2O4. The van der Waals surface area contributed by atoms with Gasteiger partial charge in [-0.25, -0.2) is 0 Å². The van der Waals surface area contributed by atoms with Gasteiger partial charge >= 0.3 is 5.97 Å². The lowest BCUT2D eigenvalue weighted by Crippen LogP contribution is -2.39. The molecule has 2 aromatic rings. The predicted molar refractivity (Wildman–Crippen MR) is 73.7 cm³/mol. The van der Waals surface area contributed by atoms with Gasteiger partial charge in [-0.2, -0.15) is 0 Å². The van der Waals surface area contributed by atoms with Gasteiger partial charge in [-0.15, -0.1) is 0 Å². The second-order valence-corrected chi connectivity index (χ2v) is 4.46. The van der Waals surface area contributed by atoms with Gasteiger partial charge in [0, 0.05) is 11.6 Å². The number of hydrogen-bond acceptors (Lipinski definition) is 3. The summed E-state index contributed by atoms with van der Waals surface area (Å²) in [5, 5.41) is 12.1. The zero-order valence-electron chi connectivity index (χ0n) is 11.3. The molecule has 6 heteroatoms. The lowest BCUT2D eigenvalue weighted by atomic mass is 10.2. The molecule has 0 saturated carbocycles. The first-order valence-corrected chi connectivity index (χ1v) is 6.17. The number of hydrogen-bond donors (Lipinski definition) is 2. The van der Waals surface area contributed by atoms with Gasteiger partial charge in [0.05, 0.1) is 12.6 Å². The summed E-state index contributed by atoms with van der Waals surface area (Å²) in [6.45, 7) is 1.49. The minimum absolute atomic E-state index is 0.0638. The highest BCUT2D eigenvalue weighted by Gasteiger charge is 2.15. The van der Waals surface area contributed by atoms with E-state index in [1.165, 1.54) is 6.92 Å². The summed E-state index contributed by atoms with van der Waals surface area (Å²) in [4.78, 5) is 22.5. The van der Waals surface area contributed by atoms with Crippen molar-refractivity contribution in [3.63, 3.8) is 0 Å². The van der Waals surface area contributed by atoms with Gasteiger partial charge in [0.25, 0.3) is 0 Å². The average Bonchev–Trinajstić information content (AvgIpc) is 2.81. The summed E-state index contributed by atoms with van der Waals surface area (Å²) < 4.78 is 7.00. The van der Waals surface area contributed by atoms with Crippen molar-refractivity contribution in [1.29, 1.82) is 0 Å². The van der Waals surface area contributed by atoms with E-state index < -0.39 is 12.0 Å². The van der Waals surface area contributed by atoms with Crippen LogP contribution in [0.1, 0.15) is 6.92 Å². The third-order valence-corrected chi connectivity index (χ3v) is 3.06. The highest BCUT2D eigenvalue weighted by atomic mass is 16.5. The Bertz CT molecular complexity index is 648. The van der Waals surface area contributed by atoms with Gasteiger partial charge in [0.15, 0.2) is 0 Å². The van der Waals surface area contributed by atoms with Crippen LogP contribution in [0.2, 0.25) is 0 Å². The molecule has 6 nitrogen and oxygen atoms in total. The number of aromatic nitrogens is 1. The van der Waals surface area contributed by atoms with Gasteiger partial charge in [-0.05, 0) is 25.1 Å². The van der Waals surface area contributed by atoms with E-state index in [0.717, 1.165) is 16.7 Å². The van der Waals surface area contributed by atoms with Crippen LogP contribution in [0.25, 0.3) is 10.9 Å². The Morgan fingerprint density at radius 2 is 2.15 bits per heavy atom. The van der Waals surface area contributed by atoms with Crippen molar-refractivity contribution in [2.45, 2.75) is 19.5 Å². The summed E-state index contributed by atoms with van der Waals surface area (Å²) in [7, 11) is 1.59. The van der Waals surface area contributed by atoms with Crippen LogP contribution >= 0.6 is 0 Å². The Balaban J connectivity index is 2.18. The van der Waals surface area contributed by atoms with Crippen molar-refractivity contribution in [3.05, 3.63) is 30.5 Å². The number of carbonyl (C=O) groups is 2.